The third-order valence-electron chi connectivity index (χ3n) is 3.49. The number of aromatic amines is 1. The summed E-state index contributed by atoms with van der Waals surface area (Å²) in [5, 5.41) is 6.42. The van der Waals surface area contributed by atoms with Gasteiger partial charge in [0.15, 0.2) is 5.82 Å². The predicted octanol–water partition coefficient (Wildman–Crippen LogP) is 1.09. The SMILES string of the molecule is NC(=O)c1cc(N2CCN(Cc3ccc(F)cc3)C2=O)n[nH]1. The Morgan fingerprint density at radius 2 is 2.05 bits per heavy atom. The minimum Gasteiger partial charge on any atom is -0.364 e. The van der Waals surface area contributed by atoms with E-state index in [-0.39, 0.29) is 17.5 Å². The van der Waals surface area contributed by atoms with Crippen LogP contribution in [-0.4, -0.2) is 40.1 Å². The van der Waals surface area contributed by atoms with E-state index in [9.17, 15) is 14.0 Å². The third kappa shape index (κ3) is 2.62. The summed E-state index contributed by atoms with van der Waals surface area (Å²) < 4.78 is 12.9. The maximum atomic E-state index is 12.9. The van der Waals surface area contributed by atoms with E-state index in [1.54, 1.807) is 17.0 Å². The molecule has 0 atom stereocenters. The van der Waals surface area contributed by atoms with Crippen LogP contribution in [0.4, 0.5) is 15.0 Å². The van der Waals surface area contributed by atoms with Gasteiger partial charge >= 0.3 is 6.03 Å². The van der Waals surface area contributed by atoms with Crippen molar-refractivity contribution in [2.75, 3.05) is 18.0 Å². The number of halogens is 1. The van der Waals surface area contributed by atoms with Crippen LogP contribution in [0, 0.1) is 5.82 Å². The Labute approximate surface area is 125 Å². The molecule has 2 aromatic rings. The van der Waals surface area contributed by atoms with E-state index in [0.29, 0.717) is 25.5 Å². The van der Waals surface area contributed by atoms with Gasteiger partial charge < -0.3 is 10.6 Å². The Morgan fingerprint density at radius 1 is 1.32 bits per heavy atom. The molecule has 3 amide bonds. The highest BCUT2D eigenvalue weighted by Crippen LogP contribution is 2.20. The van der Waals surface area contributed by atoms with Gasteiger partial charge in [0.2, 0.25) is 0 Å². The zero-order valence-electron chi connectivity index (χ0n) is 11.6. The van der Waals surface area contributed by atoms with Crippen LogP contribution in [-0.2, 0) is 6.54 Å². The molecule has 0 saturated carbocycles. The molecular formula is C14H14FN5O2. The second-order valence-electron chi connectivity index (χ2n) is 4.99. The van der Waals surface area contributed by atoms with Crippen LogP contribution < -0.4 is 10.6 Å². The number of urea groups is 1. The molecule has 0 unspecified atom stereocenters. The van der Waals surface area contributed by atoms with Crippen molar-refractivity contribution in [3.8, 4) is 0 Å². The van der Waals surface area contributed by atoms with Crippen molar-refractivity contribution < 1.29 is 14.0 Å². The molecule has 0 aliphatic carbocycles. The number of anilines is 1. The zero-order valence-corrected chi connectivity index (χ0v) is 11.6. The smallest absolute Gasteiger partial charge is 0.326 e. The lowest BCUT2D eigenvalue weighted by molar-refractivity contribution is 0.0995. The first-order valence-corrected chi connectivity index (χ1v) is 6.70. The molecule has 1 aromatic heterocycles. The van der Waals surface area contributed by atoms with Crippen LogP contribution in [0.1, 0.15) is 16.1 Å². The normalized spacial score (nSPS) is 14.7. The highest BCUT2D eigenvalue weighted by Gasteiger charge is 2.31. The van der Waals surface area contributed by atoms with Crippen molar-refractivity contribution in [3.63, 3.8) is 0 Å². The first-order chi connectivity index (χ1) is 10.5. The highest BCUT2D eigenvalue weighted by atomic mass is 19.1. The quantitative estimate of drug-likeness (QED) is 0.885. The molecule has 7 nitrogen and oxygen atoms in total. The van der Waals surface area contributed by atoms with Crippen LogP contribution >= 0.6 is 0 Å². The minimum atomic E-state index is -0.631. The summed E-state index contributed by atoms with van der Waals surface area (Å²) in [6.45, 7) is 1.38. The lowest BCUT2D eigenvalue weighted by Crippen LogP contribution is -2.31. The lowest BCUT2D eigenvalue weighted by atomic mass is 10.2. The van der Waals surface area contributed by atoms with Crippen LogP contribution in [0.25, 0.3) is 0 Å². The van der Waals surface area contributed by atoms with Crippen LogP contribution in [0.15, 0.2) is 30.3 Å². The fourth-order valence-corrected chi connectivity index (χ4v) is 2.33. The van der Waals surface area contributed by atoms with Crippen LogP contribution in [0.5, 0.6) is 0 Å². The summed E-state index contributed by atoms with van der Waals surface area (Å²) in [7, 11) is 0. The number of primary amides is 1. The standard InChI is InChI=1S/C14H14FN5O2/c15-10-3-1-9(2-4-10)8-19-5-6-20(14(19)22)12-7-11(13(16)21)17-18-12/h1-4,7H,5-6,8H2,(H2,16,21)(H,17,18). The molecule has 1 fully saturated rings. The van der Waals surface area contributed by atoms with E-state index in [1.165, 1.54) is 23.1 Å². The average molecular weight is 303 g/mol. The summed E-state index contributed by atoms with van der Waals surface area (Å²) in [6, 6.07) is 7.24. The minimum absolute atomic E-state index is 0.153. The number of benzene rings is 1. The molecule has 22 heavy (non-hydrogen) atoms. The van der Waals surface area contributed by atoms with Crippen molar-refractivity contribution in [1.29, 1.82) is 0 Å². The number of carbonyl (C=O) groups is 2. The number of nitrogens with zero attached hydrogens (tertiary/aromatic N) is 3. The molecule has 1 aliphatic heterocycles. The molecule has 3 N–H and O–H groups in total. The summed E-state index contributed by atoms with van der Waals surface area (Å²) in [4.78, 5) is 26.5. The van der Waals surface area contributed by atoms with Gasteiger partial charge in [-0.05, 0) is 17.7 Å². The molecular weight excluding hydrogens is 289 g/mol. The van der Waals surface area contributed by atoms with Crippen molar-refractivity contribution in [2.45, 2.75) is 6.54 Å². The molecule has 3 rings (SSSR count). The van der Waals surface area contributed by atoms with E-state index in [0.717, 1.165) is 5.56 Å². The molecule has 0 bridgehead atoms. The fourth-order valence-electron chi connectivity index (χ4n) is 2.33. The van der Waals surface area contributed by atoms with Crippen molar-refractivity contribution in [1.82, 2.24) is 15.1 Å². The summed E-state index contributed by atoms with van der Waals surface area (Å²) in [6.07, 6.45) is 0. The van der Waals surface area contributed by atoms with Gasteiger partial charge in [0, 0.05) is 25.7 Å². The summed E-state index contributed by atoms with van der Waals surface area (Å²) in [5.41, 5.74) is 6.14. The topological polar surface area (TPSA) is 95.3 Å². The van der Waals surface area contributed by atoms with Gasteiger partial charge in [-0.3, -0.25) is 14.8 Å². The number of amides is 3. The number of H-pyrrole nitrogens is 1. The second-order valence-corrected chi connectivity index (χ2v) is 4.99. The molecule has 0 spiro atoms. The van der Waals surface area contributed by atoms with Crippen molar-refractivity contribution in [3.05, 3.63) is 47.4 Å². The number of carbonyl (C=O) groups excluding carboxylic acids is 2. The summed E-state index contributed by atoms with van der Waals surface area (Å²) >= 11 is 0. The monoisotopic (exact) mass is 303 g/mol. The van der Waals surface area contributed by atoms with Crippen molar-refractivity contribution >= 4 is 17.8 Å². The molecule has 1 saturated heterocycles. The van der Waals surface area contributed by atoms with Gasteiger partial charge in [0.1, 0.15) is 11.5 Å². The van der Waals surface area contributed by atoms with E-state index in [2.05, 4.69) is 10.2 Å². The number of hydrogen-bond donors (Lipinski definition) is 2. The number of nitrogens with two attached hydrogens (primary N) is 1. The largest absolute Gasteiger partial charge is 0.364 e. The fraction of sp³-hybridized carbons (Fsp3) is 0.214. The zero-order chi connectivity index (χ0) is 15.7. The van der Waals surface area contributed by atoms with E-state index < -0.39 is 5.91 Å². The Bertz CT molecular complexity index is 712. The molecule has 1 aliphatic rings. The number of hydrogen-bond acceptors (Lipinski definition) is 3. The Balaban J connectivity index is 1.71. The third-order valence-corrected chi connectivity index (χ3v) is 3.49. The first-order valence-electron chi connectivity index (χ1n) is 6.70. The van der Waals surface area contributed by atoms with E-state index >= 15 is 0 Å². The second kappa shape index (κ2) is 5.47. The first kappa shape index (κ1) is 14.1. The summed E-state index contributed by atoms with van der Waals surface area (Å²) in [5.74, 6) is -0.581. The van der Waals surface area contributed by atoms with Gasteiger partial charge in [-0.25, -0.2) is 9.18 Å². The van der Waals surface area contributed by atoms with Crippen molar-refractivity contribution in [2.24, 2.45) is 5.73 Å². The number of rotatable bonds is 4. The number of nitrogens with one attached hydrogen (secondary N) is 1. The Kier molecular flexibility index (Phi) is 3.50. The molecule has 8 heteroatoms. The van der Waals surface area contributed by atoms with Crippen LogP contribution in [0.3, 0.4) is 0 Å². The average Bonchev–Trinajstić information content (AvgIpc) is 3.09. The molecule has 1 aromatic carbocycles. The van der Waals surface area contributed by atoms with E-state index in [4.69, 9.17) is 5.73 Å². The molecule has 0 radical (unpaired) electrons. The maximum absolute atomic E-state index is 12.9. The maximum Gasteiger partial charge on any atom is 0.326 e. The van der Waals surface area contributed by atoms with Gasteiger partial charge in [-0.15, -0.1) is 0 Å². The molecule has 2 heterocycles. The number of aromatic nitrogens is 2. The van der Waals surface area contributed by atoms with E-state index in [1.807, 2.05) is 0 Å². The van der Waals surface area contributed by atoms with Gasteiger partial charge in [-0.1, -0.05) is 12.1 Å². The predicted molar refractivity (Wildman–Crippen MR) is 76.7 cm³/mol. The highest BCUT2D eigenvalue weighted by molar-refractivity contribution is 5.96. The lowest BCUT2D eigenvalue weighted by Gasteiger charge is -2.17. The molecule has 114 valence electrons. The van der Waals surface area contributed by atoms with Gasteiger partial charge in [0.05, 0.1) is 0 Å². The Morgan fingerprint density at radius 3 is 2.68 bits per heavy atom. The van der Waals surface area contributed by atoms with Crippen LogP contribution in [0.2, 0.25) is 0 Å². The van der Waals surface area contributed by atoms with Gasteiger partial charge in [-0.2, -0.15) is 5.10 Å². The Hall–Kier alpha value is -2.90. The van der Waals surface area contributed by atoms with Gasteiger partial charge in [0.25, 0.3) is 5.91 Å².